The van der Waals surface area contributed by atoms with Gasteiger partial charge in [0.1, 0.15) is 0 Å². The van der Waals surface area contributed by atoms with Crippen molar-refractivity contribution in [3.05, 3.63) is 34.9 Å². The highest BCUT2D eigenvalue weighted by Gasteiger charge is 2.12. The molecule has 0 spiro atoms. The molecule has 0 nitrogen and oxygen atoms in total. The van der Waals surface area contributed by atoms with Crippen molar-refractivity contribution in [2.24, 2.45) is 5.92 Å². The highest BCUT2D eigenvalue weighted by atomic mass is 35.5. The van der Waals surface area contributed by atoms with Crippen molar-refractivity contribution in [2.45, 2.75) is 39.5 Å². The van der Waals surface area contributed by atoms with E-state index in [0.29, 0.717) is 5.92 Å². The number of hydrogen-bond donors (Lipinski definition) is 0. The van der Waals surface area contributed by atoms with Gasteiger partial charge in [0.05, 0.1) is 0 Å². The van der Waals surface area contributed by atoms with E-state index in [1.807, 2.05) is 0 Å². The minimum Gasteiger partial charge on any atom is -0.123 e. The lowest BCUT2D eigenvalue weighted by molar-refractivity contribution is 0.565. The Balaban J connectivity index is 2.85. The maximum absolute atomic E-state index is 6.08. The van der Waals surface area contributed by atoms with Gasteiger partial charge in [-0.1, -0.05) is 25.1 Å². The largest absolute Gasteiger partial charge is 0.123 e. The van der Waals surface area contributed by atoms with Gasteiger partial charge in [0, 0.05) is 5.38 Å². The van der Waals surface area contributed by atoms with Crippen LogP contribution >= 0.6 is 11.6 Å². The normalized spacial score (nSPS) is 15.2. The van der Waals surface area contributed by atoms with Gasteiger partial charge in [-0.25, -0.2) is 0 Å². The van der Waals surface area contributed by atoms with Crippen LogP contribution in [0.15, 0.2) is 18.2 Å². The molecule has 0 aliphatic rings. The van der Waals surface area contributed by atoms with Crippen molar-refractivity contribution >= 4 is 11.6 Å². The SMILES string of the molecule is Cc1cccc(C)c1CC(C)C(C)Cl. The van der Waals surface area contributed by atoms with E-state index in [0.717, 1.165) is 6.42 Å². The maximum Gasteiger partial charge on any atom is 0.0336 e. The fourth-order valence-electron chi connectivity index (χ4n) is 1.66. The predicted octanol–water partition coefficient (Wildman–Crippen LogP) is 4.11. The standard InChI is InChI=1S/C13H19Cl/c1-9-6-5-7-10(2)13(9)8-11(3)12(4)14/h5-7,11-12H,8H2,1-4H3. The zero-order valence-electron chi connectivity index (χ0n) is 9.47. The molecule has 0 fully saturated rings. The summed E-state index contributed by atoms with van der Waals surface area (Å²) in [7, 11) is 0. The van der Waals surface area contributed by atoms with E-state index < -0.39 is 0 Å². The lowest BCUT2D eigenvalue weighted by atomic mass is 9.92. The average Bonchev–Trinajstić information content (AvgIpc) is 2.11. The number of benzene rings is 1. The van der Waals surface area contributed by atoms with Crippen LogP contribution in [0.5, 0.6) is 0 Å². The van der Waals surface area contributed by atoms with Crippen LogP contribution in [0.2, 0.25) is 0 Å². The summed E-state index contributed by atoms with van der Waals surface area (Å²) in [5.74, 6) is 0.538. The summed E-state index contributed by atoms with van der Waals surface area (Å²) in [6.07, 6.45) is 1.09. The van der Waals surface area contributed by atoms with Crippen LogP contribution in [-0.2, 0) is 6.42 Å². The van der Waals surface area contributed by atoms with Gasteiger partial charge in [-0.3, -0.25) is 0 Å². The van der Waals surface area contributed by atoms with Gasteiger partial charge >= 0.3 is 0 Å². The molecule has 0 aliphatic carbocycles. The third-order valence-electron chi connectivity index (χ3n) is 2.95. The summed E-state index contributed by atoms with van der Waals surface area (Å²) in [4.78, 5) is 0. The van der Waals surface area contributed by atoms with E-state index in [1.165, 1.54) is 16.7 Å². The van der Waals surface area contributed by atoms with Crippen LogP contribution < -0.4 is 0 Å². The molecular formula is C13H19Cl. The van der Waals surface area contributed by atoms with E-state index in [9.17, 15) is 0 Å². The molecule has 0 saturated carbocycles. The van der Waals surface area contributed by atoms with Crippen LogP contribution in [0.25, 0.3) is 0 Å². The lowest BCUT2D eigenvalue weighted by Crippen LogP contribution is -2.11. The predicted molar refractivity (Wildman–Crippen MR) is 64.1 cm³/mol. The van der Waals surface area contributed by atoms with Crippen molar-refractivity contribution in [1.29, 1.82) is 0 Å². The molecular weight excluding hydrogens is 192 g/mol. The number of alkyl halides is 1. The molecule has 1 aromatic carbocycles. The lowest BCUT2D eigenvalue weighted by Gasteiger charge is -2.17. The van der Waals surface area contributed by atoms with Crippen molar-refractivity contribution < 1.29 is 0 Å². The minimum atomic E-state index is 0.244. The van der Waals surface area contributed by atoms with Gasteiger partial charge in [-0.2, -0.15) is 0 Å². The van der Waals surface area contributed by atoms with E-state index in [4.69, 9.17) is 11.6 Å². The van der Waals surface area contributed by atoms with Crippen LogP contribution in [0.3, 0.4) is 0 Å². The highest BCUT2D eigenvalue weighted by molar-refractivity contribution is 6.20. The van der Waals surface area contributed by atoms with Crippen molar-refractivity contribution in [3.63, 3.8) is 0 Å². The van der Waals surface area contributed by atoms with Crippen LogP contribution in [-0.4, -0.2) is 5.38 Å². The second kappa shape index (κ2) is 4.84. The van der Waals surface area contributed by atoms with Gasteiger partial charge in [0.15, 0.2) is 0 Å². The van der Waals surface area contributed by atoms with Crippen molar-refractivity contribution in [1.82, 2.24) is 0 Å². The quantitative estimate of drug-likeness (QED) is 0.659. The summed E-state index contributed by atoms with van der Waals surface area (Å²) in [6, 6.07) is 6.46. The molecule has 0 radical (unpaired) electrons. The molecule has 1 aromatic rings. The fourth-order valence-corrected chi connectivity index (χ4v) is 1.74. The van der Waals surface area contributed by atoms with Gasteiger partial charge < -0.3 is 0 Å². The molecule has 0 N–H and O–H groups in total. The first-order chi connectivity index (χ1) is 6.52. The molecule has 1 rings (SSSR count). The van der Waals surface area contributed by atoms with Crippen LogP contribution in [0.4, 0.5) is 0 Å². The fraction of sp³-hybridized carbons (Fsp3) is 0.538. The first kappa shape index (κ1) is 11.6. The molecule has 0 heterocycles. The van der Waals surface area contributed by atoms with Crippen LogP contribution in [0.1, 0.15) is 30.5 Å². The molecule has 2 atom stereocenters. The Hall–Kier alpha value is -0.490. The van der Waals surface area contributed by atoms with E-state index in [-0.39, 0.29) is 5.38 Å². The van der Waals surface area contributed by atoms with Gasteiger partial charge in [0.25, 0.3) is 0 Å². The molecule has 0 aromatic heterocycles. The Labute approximate surface area is 92.3 Å². The third kappa shape index (κ3) is 2.75. The van der Waals surface area contributed by atoms with Crippen molar-refractivity contribution in [2.75, 3.05) is 0 Å². The average molecular weight is 211 g/mol. The molecule has 1 heteroatoms. The zero-order valence-corrected chi connectivity index (χ0v) is 10.2. The van der Waals surface area contributed by atoms with E-state index >= 15 is 0 Å². The molecule has 0 amide bonds. The van der Waals surface area contributed by atoms with E-state index in [2.05, 4.69) is 45.9 Å². The van der Waals surface area contributed by atoms with Crippen molar-refractivity contribution in [3.8, 4) is 0 Å². The third-order valence-corrected chi connectivity index (χ3v) is 3.38. The van der Waals surface area contributed by atoms with Gasteiger partial charge in [-0.15, -0.1) is 11.6 Å². The second-order valence-corrected chi connectivity index (χ2v) is 4.92. The smallest absolute Gasteiger partial charge is 0.0336 e. The number of aryl methyl sites for hydroxylation is 2. The number of hydrogen-bond acceptors (Lipinski definition) is 0. The first-order valence-electron chi connectivity index (χ1n) is 5.21. The molecule has 0 aliphatic heterocycles. The molecule has 0 saturated heterocycles. The summed E-state index contributed by atoms with van der Waals surface area (Å²) in [5, 5.41) is 0.244. The monoisotopic (exact) mass is 210 g/mol. The summed E-state index contributed by atoms with van der Waals surface area (Å²) < 4.78 is 0. The molecule has 14 heavy (non-hydrogen) atoms. The Morgan fingerprint density at radius 3 is 2.07 bits per heavy atom. The van der Waals surface area contributed by atoms with E-state index in [1.54, 1.807) is 0 Å². The summed E-state index contributed by atoms with van der Waals surface area (Å²) in [5.41, 5.74) is 4.23. The van der Waals surface area contributed by atoms with Gasteiger partial charge in [0.2, 0.25) is 0 Å². The Morgan fingerprint density at radius 1 is 1.14 bits per heavy atom. The number of halogens is 1. The Bertz CT molecular complexity index is 282. The van der Waals surface area contributed by atoms with Gasteiger partial charge in [-0.05, 0) is 49.8 Å². The highest BCUT2D eigenvalue weighted by Crippen LogP contribution is 2.21. The molecule has 2 unspecified atom stereocenters. The summed E-state index contributed by atoms with van der Waals surface area (Å²) in [6.45, 7) is 8.63. The summed E-state index contributed by atoms with van der Waals surface area (Å²) >= 11 is 6.08. The minimum absolute atomic E-state index is 0.244. The first-order valence-corrected chi connectivity index (χ1v) is 5.65. The number of rotatable bonds is 3. The Kier molecular flexibility index (Phi) is 4.00. The zero-order chi connectivity index (χ0) is 10.7. The maximum atomic E-state index is 6.08. The second-order valence-electron chi connectivity index (χ2n) is 4.23. The van der Waals surface area contributed by atoms with Crippen LogP contribution in [0, 0.1) is 19.8 Å². The molecule has 78 valence electrons. The topological polar surface area (TPSA) is 0 Å². The molecule has 0 bridgehead atoms. The Morgan fingerprint density at radius 2 is 1.64 bits per heavy atom.